The highest BCUT2D eigenvalue weighted by molar-refractivity contribution is 5.93. The molecule has 3 rings (SSSR count). The largest absolute Gasteiger partial charge is 0.348 e. The van der Waals surface area contributed by atoms with Crippen molar-refractivity contribution in [2.45, 2.75) is 44.6 Å². The first kappa shape index (κ1) is 16.5. The van der Waals surface area contributed by atoms with Gasteiger partial charge in [-0.2, -0.15) is 0 Å². The van der Waals surface area contributed by atoms with Crippen molar-refractivity contribution < 1.29 is 4.79 Å². The number of aromatic nitrogens is 1. The Labute approximate surface area is 143 Å². The molecule has 1 aromatic carbocycles. The summed E-state index contributed by atoms with van der Waals surface area (Å²) >= 11 is 0. The molecule has 0 atom stereocenters. The van der Waals surface area contributed by atoms with Gasteiger partial charge in [0.05, 0.1) is 0 Å². The summed E-state index contributed by atoms with van der Waals surface area (Å²) in [5.41, 5.74) is 2.53. The number of hydrogen-bond donors (Lipinski definition) is 1. The van der Waals surface area contributed by atoms with E-state index in [2.05, 4.69) is 15.2 Å². The van der Waals surface area contributed by atoms with Crippen LogP contribution in [0, 0.1) is 0 Å². The molecule has 0 radical (unpaired) electrons. The van der Waals surface area contributed by atoms with Gasteiger partial charge in [-0.3, -0.25) is 9.78 Å². The van der Waals surface area contributed by atoms with E-state index in [4.69, 9.17) is 0 Å². The highest BCUT2D eigenvalue weighted by Crippen LogP contribution is 2.23. The highest BCUT2D eigenvalue weighted by Gasteiger charge is 2.17. The SMILES string of the molecule is CN(c1ccccc1)c1ccnc(C(=O)NC2CCCCCC2)c1. The number of carbonyl (C=O) groups is 1. The van der Waals surface area contributed by atoms with E-state index in [9.17, 15) is 4.79 Å². The molecule has 0 saturated heterocycles. The Kier molecular flexibility index (Phi) is 5.47. The van der Waals surface area contributed by atoms with Crippen LogP contribution in [0.3, 0.4) is 0 Å². The molecule has 0 unspecified atom stereocenters. The van der Waals surface area contributed by atoms with Crippen molar-refractivity contribution in [2.24, 2.45) is 0 Å². The van der Waals surface area contributed by atoms with Gasteiger partial charge in [0.1, 0.15) is 5.69 Å². The fourth-order valence-corrected chi connectivity index (χ4v) is 3.24. The molecule has 0 bridgehead atoms. The lowest BCUT2D eigenvalue weighted by atomic mass is 10.1. The summed E-state index contributed by atoms with van der Waals surface area (Å²) in [6.45, 7) is 0. The lowest BCUT2D eigenvalue weighted by molar-refractivity contribution is 0.0928. The van der Waals surface area contributed by atoms with Gasteiger partial charge in [-0.05, 0) is 37.1 Å². The Bertz CT molecular complexity index is 664. The third kappa shape index (κ3) is 4.13. The third-order valence-electron chi connectivity index (χ3n) is 4.70. The standard InChI is InChI=1S/C20H25N3O/c1-23(17-11-7-4-8-12-17)18-13-14-21-19(15-18)20(24)22-16-9-5-2-3-6-10-16/h4,7-8,11-16H,2-3,5-6,9-10H2,1H3,(H,22,24). The molecular weight excluding hydrogens is 298 g/mol. The van der Waals surface area contributed by atoms with Crippen molar-refractivity contribution in [3.63, 3.8) is 0 Å². The number of benzene rings is 1. The molecule has 1 aliphatic carbocycles. The number of amides is 1. The van der Waals surface area contributed by atoms with Crippen molar-refractivity contribution in [3.8, 4) is 0 Å². The minimum Gasteiger partial charge on any atom is -0.348 e. The van der Waals surface area contributed by atoms with E-state index in [-0.39, 0.29) is 11.9 Å². The Morgan fingerprint density at radius 1 is 1.04 bits per heavy atom. The predicted octanol–water partition coefficient (Wildman–Crippen LogP) is 4.30. The van der Waals surface area contributed by atoms with Crippen LogP contribution in [0.25, 0.3) is 0 Å². The molecule has 1 aromatic heterocycles. The Hall–Kier alpha value is -2.36. The first-order valence-electron chi connectivity index (χ1n) is 8.80. The average molecular weight is 323 g/mol. The summed E-state index contributed by atoms with van der Waals surface area (Å²) in [4.78, 5) is 18.9. The zero-order valence-electron chi connectivity index (χ0n) is 14.2. The van der Waals surface area contributed by atoms with E-state index in [0.29, 0.717) is 5.69 Å². The molecule has 4 nitrogen and oxygen atoms in total. The fourth-order valence-electron chi connectivity index (χ4n) is 3.24. The number of hydrogen-bond acceptors (Lipinski definition) is 3. The van der Waals surface area contributed by atoms with Crippen molar-refractivity contribution in [2.75, 3.05) is 11.9 Å². The van der Waals surface area contributed by atoms with Crippen LogP contribution in [0.2, 0.25) is 0 Å². The zero-order chi connectivity index (χ0) is 16.8. The minimum atomic E-state index is -0.0646. The van der Waals surface area contributed by atoms with Gasteiger partial charge in [-0.15, -0.1) is 0 Å². The van der Waals surface area contributed by atoms with Crippen LogP contribution < -0.4 is 10.2 Å². The smallest absolute Gasteiger partial charge is 0.270 e. The van der Waals surface area contributed by atoms with E-state index in [0.717, 1.165) is 24.2 Å². The summed E-state index contributed by atoms with van der Waals surface area (Å²) in [6.07, 6.45) is 8.83. The van der Waals surface area contributed by atoms with E-state index >= 15 is 0 Å². The molecule has 1 heterocycles. The van der Waals surface area contributed by atoms with Crippen LogP contribution in [-0.2, 0) is 0 Å². The summed E-state index contributed by atoms with van der Waals surface area (Å²) in [5.74, 6) is -0.0646. The third-order valence-corrected chi connectivity index (χ3v) is 4.70. The van der Waals surface area contributed by atoms with Gasteiger partial charge in [0.15, 0.2) is 0 Å². The number of nitrogens with one attached hydrogen (secondary N) is 1. The number of anilines is 2. The van der Waals surface area contributed by atoms with Crippen LogP contribution in [0.1, 0.15) is 49.0 Å². The molecule has 1 aliphatic rings. The first-order valence-corrected chi connectivity index (χ1v) is 8.80. The van der Waals surface area contributed by atoms with Crippen molar-refractivity contribution >= 4 is 17.3 Å². The van der Waals surface area contributed by atoms with Crippen molar-refractivity contribution in [1.82, 2.24) is 10.3 Å². The lowest BCUT2D eigenvalue weighted by Gasteiger charge is -2.20. The molecule has 126 valence electrons. The molecule has 1 saturated carbocycles. The number of carbonyl (C=O) groups excluding carboxylic acids is 1. The molecule has 4 heteroatoms. The van der Waals surface area contributed by atoms with Gasteiger partial charge < -0.3 is 10.2 Å². The van der Waals surface area contributed by atoms with Crippen molar-refractivity contribution in [1.29, 1.82) is 0 Å². The van der Waals surface area contributed by atoms with Gasteiger partial charge in [-0.1, -0.05) is 43.9 Å². The van der Waals surface area contributed by atoms with E-state index in [1.54, 1.807) is 6.20 Å². The van der Waals surface area contributed by atoms with Gasteiger partial charge in [0.25, 0.3) is 5.91 Å². The number of nitrogens with zero attached hydrogens (tertiary/aromatic N) is 2. The van der Waals surface area contributed by atoms with Gasteiger partial charge in [-0.25, -0.2) is 0 Å². The van der Waals surface area contributed by atoms with E-state index in [1.165, 1.54) is 25.7 Å². The second-order valence-electron chi connectivity index (χ2n) is 6.46. The van der Waals surface area contributed by atoms with Crippen LogP contribution in [0.15, 0.2) is 48.7 Å². The second kappa shape index (κ2) is 7.95. The summed E-state index contributed by atoms with van der Waals surface area (Å²) in [6, 6.07) is 14.2. The topological polar surface area (TPSA) is 45.2 Å². The maximum absolute atomic E-state index is 12.5. The maximum Gasteiger partial charge on any atom is 0.270 e. The van der Waals surface area contributed by atoms with Crippen molar-refractivity contribution in [3.05, 3.63) is 54.4 Å². The van der Waals surface area contributed by atoms with Gasteiger partial charge in [0, 0.05) is 30.7 Å². The Morgan fingerprint density at radius 3 is 2.46 bits per heavy atom. The number of para-hydroxylation sites is 1. The molecule has 0 aliphatic heterocycles. The first-order chi connectivity index (χ1) is 11.7. The van der Waals surface area contributed by atoms with E-state index < -0.39 is 0 Å². The maximum atomic E-state index is 12.5. The molecule has 1 N–H and O–H groups in total. The Morgan fingerprint density at radius 2 is 1.75 bits per heavy atom. The summed E-state index contributed by atoms with van der Waals surface area (Å²) in [5, 5.41) is 3.16. The van der Waals surface area contributed by atoms with Crippen LogP contribution >= 0.6 is 0 Å². The molecular formula is C20H25N3O. The normalized spacial score (nSPS) is 15.5. The molecule has 0 spiro atoms. The lowest BCUT2D eigenvalue weighted by Crippen LogP contribution is -2.34. The summed E-state index contributed by atoms with van der Waals surface area (Å²) < 4.78 is 0. The quantitative estimate of drug-likeness (QED) is 0.853. The predicted molar refractivity (Wildman–Crippen MR) is 97.7 cm³/mol. The van der Waals surface area contributed by atoms with Crippen LogP contribution in [0.4, 0.5) is 11.4 Å². The molecule has 1 amide bonds. The monoisotopic (exact) mass is 323 g/mol. The number of rotatable bonds is 4. The fraction of sp³-hybridized carbons (Fsp3) is 0.400. The van der Waals surface area contributed by atoms with Gasteiger partial charge in [0.2, 0.25) is 0 Å². The average Bonchev–Trinajstić information content (AvgIpc) is 2.90. The van der Waals surface area contributed by atoms with Crippen LogP contribution in [-0.4, -0.2) is 24.0 Å². The minimum absolute atomic E-state index is 0.0646. The Balaban J connectivity index is 1.71. The molecule has 24 heavy (non-hydrogen) atoms. The zero-order valence-corrected chi connectivity index (χ0v) is 14.2. The highest BCUT2D eigenvalue weighted by atomic mass is 16.1. The summed E-state index contributed by atoms with van der Waals surface area (Å²) in [7, 11) is 2.00. The number of pyridine rings is 1. The van der Waals surface area contributed by atoms with E-state index in [1.807, 2.05) is 49.5 Å². The van der Waals surface area contributed by atoms with Crippen LogP contribution in [0.5, 0.6) is 0 Å². The molecule has 1 fully saturated rings. The molecule has 2 aromatic rings. The van der Waals surface area contributed by atoms with Gasteiger partial charge >= 0.3 is 0 Å². The second-order valence-corrected chi connectivity index (χ2v) is 6.46.